The minimum atomic E-state index is -3.36. The molecular weight excluding hydrogens is 276 g/mol. The van der Waals surface area contributed by atoms with Crippen molar-refractivity contribution in [2.75, 3.05) is 17.6 Å². The fourth-order valence-electron chi connectivity index (χ4n) is 1.20. The number of halogens is 1. The first-order valence-electron chi connectivity index (χ1n) is 5.37. The number of amides is 1. The van der Waals surface area contributed by atoms with E-state index in [1.807, 2.05) is 6.92 Å². The molecule has 0 saturated heterocycles. The van der Waals surface area contributed by atoms with Crippen LogP contribution in [0.5, 0.6) is 0 Å². The molecule has 0 fully saturated rings. The second kappa shape index (κ2) is 6.17. The molecule has 0 atom stereocenters. The third-order valence-electron chi connectivity index (χ3n) is 2.31. The van der Waals surface area contributed by atoms with E-state index in [-0.39, 0.29) is 12.3 Å². The van der Waals surface area contributed by atoms with Gasteiger partial charge in [-0.3, -0.25) is 4.79 Å². The molecule has 1 aromatic carbocycles. The fraction of sp³-hybridized carbons (Fsp3) is 0.364. The van der Waals surface area contributed by atoms with Gasteiger partial charge in [-0.25, -0.2) is 13.1 Å². The van der Waals surface area contributed by atoms with Crippen molar-refractivity contribution in [1.29, 1.82) is 0 Å². The number of benzene rings is 1. The van der Waals surface area contributed by atoms with E-state index in [0.717, 1.165) is 5.56 Å². The molecule has 0 saturated carbocycles. The van der Waals surface area contributed by atoms with Crippen LogP contribution in [0.15, 0.2) is 18.2 Å². The van der Waals surface area contributed by atoms with E-state index < -0.39 is 15.9 Å². The maximum absolute atomic E-state index is 11.6. The van der Waals surface area contributed by atoms with Gasteiger partial charge >= 0.3 is 0 Å². The van der Waals surface area contributed by atoms with Crippen LogP contribution in [0.2, 0.25) is 5.02 Å². The van der Waals surface area contributed by atoms with Crippen LogP contribution < -0.4 is 10.0 Å². The predicted octanol–water partition coefficient (Wildman–Crippen LogP) is 1.53. The number of hydrogen-bond donors (Lipinski definition) is 2. The molecule has 0 bridgehead atoms. The summed E-state index contributed by atoms with van der Waals surface area (Å²) in [7, 11) is -3.36. The van der Waals surface area contributed by atoms with E-state index >= 15 is 0 Å². The van der Waals surface area contributed by atoms with Crippen LogP contribution in [0.25, 0.3) is 0 Å². The Bertz CT molecular complexity index is 543. The van der Waals surface area contributed by atoms with Crippen LogP contribution in [0, 0.1) is 6.92 Å². The van der Waals surface area contributed by atoms with E-state index in [9.17, 15) is 13.2 Å². The number of aryl methyl sites for hydroxylation is 1. The maximum Gasteiger partial charge on any atom is 0.239 e. The first kappa shape index (κ1) is 14.9. The summed E-state index contributed by atoms with van der Waals surface area (Å²) in [6, 6.07) is 5.10. The minimum absolute atomic E-state index is 0.0591. The van der Waals surface area contributed by atoms with Crippen molar-refractivity contribution in [3.63, 3.8) is 0 Å². The number of carbonyl (C=O) groups excluding carboxylic acids is 1. The number of rotatable bonds is 5. The molecular formula is C11H15ClN2O3S. The zero-order valence-electron chi connectivity index (χ0n) is 10.2. The second-order valence-electron chi connectivity index (χ2n) is 3.73. The molecule has 2 N–H and O–H groups in total. The van der Waals surface area contributed by atoms with Crippen LogP contribution in [-0.2, 0) is 14.8 Å². The molecule has 0 aliphatic heterocycles. The molecule has 1 amide bonds. The Morgan fingerprint density at radius 2 is 2.06 bits per heavy atom. The highest BCUT2D eigenvalue weighted by Crippen LogP contribution is 2.19. The van der Waals surface area contributed by atoms with Crippen molar-refractivity contribution in [2.24, 2.45) is 0 Å². The van der Waals surface area contributed by atoms with Gasteiger partial charge in [0.05, 0.1) is 12.3 Å². The molecule has 0 radical (unpaired) electrons. The summed E-state index contributed by atoms with van der Waals surface area (Å²) < 4.78 is 24.5. The Hall–Kier alpha value is -1.11. The van der Waals surface area contributed by atoms with Crippen molar-refractivity contribution in [2.45, 2.75) is 13.8 Å². The molecule has 5 nitrogen and oxygen atoms in total. The lowest BCUT2D eigenvalue weighted by Crippen LogP contribution is -2.33. The number of carbonyl (C=O) groups is 1. The number of hydrogen-bond acceptors (Lipinski definition) is 3. The van der Waals surface area contributed by atoms with E-state index in [2.05, 4.69) is 10.0 Å². The molecule has 1 aromatic rings. The molecule has 0 spiro atoms. The summed E-state index contributed by atoms with van der Waals surface area (Å²) in [5.41, 5.74) is 1.43. The average molecular weight is 291 g/mol. The van der Waals surface area contributed by atoms with E-state index in [1.54, 1.807) is 18.2 Å². The zero-order valence-corrected chi connectivity index (χ0v) is 11.7. The predicted molar refractivity (Wildman–Crippen MR) is 72.3 cm³/mol. The summed E-state index contributed by atoms with van der Waals surface area (Å²) in [4.78, 5) is 11.6. The molecule has 0 unspecified atom stereocenters. The van der Waals surface area contributed by atoms with Gasteiger partial charge in [0.25, 0.3) is 0 Å². The van der Waals surface area contributed by atoms with Crippen LogP contribution in [-0.4, -0.2) is 26.6 Å². The largest absolute Gasteiger partial charge is 0.325 e. The molecule has 0 aromatic heterocycles. The molecule has 0 aliphatic rings. The van der Waals surface area contributed by atoms with Gasteiger partial charge in [-0.1, -0.05) is 17.7 Å². The summed E-state index contributed by atoms with van der Waals surface area (Å²) in [5.74, 6) is -0.492. The molecule has 1 rings (SSSR count). The van der Waals surface area contributed by atoms with Crippen LogP contribution in [0.3, 0.4) is 0 Å². The quantitative estimate of drug-likeness (QED) is 0.863. The average Bonchev–Trinajstić information content (AvgIpc) is 2.31. The topological polar surface area (TPSA) is 75.3 Å². The third kappa shape index (κ3) is 4.64. The minimum Gasteiger partial charge on any atom is -0.325 e. The van der Waals surface area contributed by atoms with E-state index in [4.69, 9.17) is 11.6 Å². The van der Waals surface area contributed by atoms with Crippen LogP contribution >= 0.6 is 11.6 Å². The van der Waals surface area contributed by atoms with Crippen molar-refractivity contribution in [3.8, 4) is 0 Å². The SMILES string of the molecule is CCS(=O)(=O)NCC(=O)Nc1cc(Cl)ccc1C. The second-order valence-corrected chi connectivity index (χ2v) is 6.26. The summed E-state index contributed by atoms with van der Waals surface area (Å²) >= 11 is 5.81. The standard InChI is InChI=1S/C11H15ClN2O3S/c1-3-18(16,17)13-7-11(15)14-10-6-9(12)5-4-8(10)2/h4-6,13H,3,7H2,1-2H3,(H,14,15). The van der Waals surface area contributed by atoms with Gasteiger partial charge in [0, 0.05) is 10.7 Å². The molecule has 18 heavy (non-hydrogen) atoms. The lowest BCUT2D eigenvalue weighted by Gasteiger charge is -2.09. The Kier molecular flexibility index (Phi) is 5.13. The summed E-state index contributed by atoms with van der Waals surface area (Å²) in [6.45, 7) is 3.03. The van der Waals surface area contributed by atoms with Gasteiger partial charge in [0.2, 0.25) is 15.9 Å². The summed E-state index contributed by atoms with van der Waals surface area (Å²) in [6.07, 6.45) is 0. The van der Waals surface area contributed by atoms with Gasteiger partial charge in [-0.05, 0) is 31.5 Å². The van der Waals surface area contributed by atoms with Crippen molar-refractivity contribution < 1.29 is 13.2 Å². The monoisotopic (exact) mass is 290 g/mol. The molecule has 0 heterocycles. The first-order chi connectivity index (χ1) is 8.34. The molecule has 100 valence electrons. The lowest BCUT2D eigenvalue weighted by atomic mass is 10.2. The van der Waals surface area contributed by atoms with E-state index in [0.29, 0.717) is 10.7 Å². The highest BCUT2D eigenvalue weighted by molar-refractivity contribution is 7.89. The van der Waals surface area contributed by atoms with Crippen LogP contribution in [0.1, 0.15) is 12.5 Å². The van der Waals surface area contributed by atoms with Gasteiger partial charge in [-0.2, -0.15) is 0 Å². The molecule has 0 aliphatic carbocycles. The van der Waals surface area contributed by atoms with E-state index in [1.165, 1.54) is 6.92 Å². The van der Waals surface area contributed by atoms with Crippen molar-refractivity contribution >= 4 is 33.2 Å². The number of nitrogens with one attached hydrogen (secondary N) is 2. The van der Waals surface area contributed by atoms with Gasteiger partial charge in [0.15, 0.2) is 0 Å². The maximum atomic E-state index is 11.6. The van der Waals surface area contributed by atoms with Gasteiger partial charge < -0.3 is 5.32 Å². The zero-order chi connectivity index (χ0) is 13.8. The Morgan fingerprint density at radius 3 is 2.67 bits per heavy atom. The normalized spacial score (nSPS) is 11.3. The number of sulfonamides is 1. The molecule has 7 heteroatoms. The smallest absolute Gasteiger partial charge is 0.239 e. The fourth-order valence-corrected chi connectivity index (χ4v) is 1.93. The van der Waals surface area contributed by atoms with Crippen LogP contribution in [0.4, 0.5) is 5.69 Å². The Labute approximate surface area is 112 Å². The van der Waals surface area contributed by atoms with Crippen molar-refractivity contribution in [1.82, 2.24) is 4.72 Å². The highest BCUT2D eigenvalue weighted by atomic mass is 35.5. The number of anilines is 1. The van der Waals surface area contributed by atoms with Gasteiger partial charge in [0.1, 0.15) is 0 Å². The highest BCUT2D eigenvalue weighted by Gasteiger charge is 2.10. The van der Waals surface area contributed by atoms with Gasteiger partial charge in [-0.15, -0.1) is 0 Å². The first-order valence-corrected chi connectivity index (χ1v) is 7.40. The lowest BCUT2D eigenvalue weighted by molar-refractivity contribution is -0.115. The summed E-state index contributed by atoms with van der Waals surface area (Å²) in [5, 5.41) is 3.10. The van der Waals surface area contributed by atoms with Crippen molar-refractivity contribution in [3.05, 3.63) is 28.8 Å². The Balaban J connectivity index is 2.63. The Morgan fingerprint density at radius 1 is 1.39 bits per heavy atom. The third-order valence-corrected chi connectivity index (χ3v) is 3.89.